The molecule has 1 aliphatic carbocycles. The van der Waals surface area contributed by atoms with E-state index < -0.39 is 6.10 Å². The van der Waals surface area contributed by atoms with Gasteiger partial charge in [0.05, 0.1) is 24.7 Å². The van der Waals surface area contributed by atoms with Crippen LogP contribution in [0.15, 0.2) is 24.3 Å². The second kappa shape index (κ2) is 6.64. The lowest BCUT2D eigenvalue weighted by Crippen LogP contribution is -2.57. The van der Waals surface area contributed by atoms with Gasteiger partial charge in [0.15, 0.2) is 0 Å². The molecule has 5 heteroatoms. The van der Waals surface area contributed by atoms with Crippen molar-refractivity contribution >= 4 is 16.9 Å². The van der Waals surface area contributed by atoms with Gasteiger partial charge in [-0.25, -0.2) is 0 Å². The van der Waals surface area contributed by atoms with Crippen molar-refractivity contribution in [2.45, 2.75) is 57.2 Å². The van der Waals surface area contributed by atoms with Gasteiger partial charge >= 0.3 is 5.97 Å². The summed E-state index contributed by atoms with van der Waals surface area (Å²) in [5, 5.41) is 12.3. The quantitative estimate of drug-likeness (QED) is 0.799. The lowest BCUT2D eigenvalue weighted by Gasteiger charge is -2.53. The van der Waals surface area contributed by atoms with Crippen molar-refractivity contribution in [1.29, 1.82) is 0 Å². The molecule has 2 fully saturated rings. The Morgan fingerprint density at radius 3 is 2.96 bits per heavy atom. The van der Waals surface area contributed by atoms with Gasteiger partial charge in [0.1, 0.15) is 0 Å². The zero-order chi connectivity index (χ0) is 18.5. The number of aromatic amines is 1. The standard InChI is InChI=1S/C22H28N2O3/c1-2-27-22(26)16-8-9-18-15(21(16)25)7-10-19-20-14(11-12-24(18)19)13-5-3-4-6-17(13)23-20/h3-6,15-16,18-19,21,23,25H,2,7-12H2,1H3/t15-,16?,18+,19+,21?/m0/s1. The van der Waals surface area contributed by atoms with E-state index in [0.717, 1.165) is 38.6 Å². The van der Waals surface area contributed by atoms with Crippen molar-refractivity contribution in [3.63, 3.8) is 0 Å². The van der Waals surface area contributed by atoms with E-state index in [0.29, 0.717) is 18.7 Å². The SMILES string of the molecule is CCOC(=O)C1CC[C@@H]2[C@H](CC[C@@H]3c4[nH]c5ccccc5c4CCN32)C1O. The molecule has 0 spiro atoms. The molecule has 27 heavy (non-hydrogen) atoms. The van der Waals surface area contributed by atoms with Crippen LogP contribution in [0, 0.1) is 11.8 Å². The second-order valence-electron chi connectivity index (χ2n) is 8.30. The minimum absolute atomic E-state index is 0.176. The third-order valence-corrected chi connectivity index (χ3v) is 7.11. The number of aliphatic hydroxyl groups excluding tert-OH is 1. The highest BCUT2D eigenvalue weighted by atomic mass is 16.5. The summed E-state index contributed by atoms with van der Waals surface area (Å²) in [6.07, 6.45) is 4.18. The number of piperidine rings is 1. The summed E-state index contributed by atoms with van der Waals surface area (Å²) < 4.78 is 5.20. The summed E-state index contributed by atoms with van der Waals surface area (Å²) in [5.41, 5.74) is 4.09. The number of benzene rings is 1. The van der Waals surface area contributed by atoms with Crippen molar-refractivity contribution in [3.05, 3.63) is 35.5 Å². The lowest BCUT2D eigenvalue weighted by molar-refractivity contribution is -0.161. The number of hydrogen-bond acceptors (Lipinski definition) is 4. The molecule has 3 aliphatic rings. The van der Waals surface area contributed by atoms with Crippen LogP contribution in [0.2, 0.25) is 0 Å². The number of H-pyrrole nitrogens is 1. The fraction of sp³-hybridized carbons (Fsp3) is 0.591. The van der Waals surface area contributed by atoms with Crippen LogP contribution in [0.1, 0.15) is 49.9 Å². The summed E-state index contributed by atoms with van der Waals surface area (Å²) in [4.78, 5) is 18.5. The van der Waals surface area contributed by atoms with Gasteiger partial charge in [0, 0.05) is 35.1 Å². The fourth-order valence-corrected chi connectivity index (χ4v) is 5.94. The van der Waals surface area contributed by atoms with Crippen molar-refractivity contribution in [2.24, 2.45) is 11.8 Å². The average Bonchev–Trinajstić information content (AvgIpc) is 3.07. The molecule has 2 aliphatic heterocycles. The molecule has 5 atom stereocenters. The molecule has 3 heterocycles. The first kappa shape index (κ1) is 17.3. The minimum atomic E-state index is -0.576. The molecule has 2 aromatic rings. The van der Waals surface area contributed by atoms with Crippen molar-refractivity contribution in [3.8, 4) is 0 Å². The van der Waals surface area contributed by atoms with Crippen LogP contribution in [-0.2, 0) is 16.0 Å². The van der Waals surface area contributed by atoms with E-state index in [4.69, 9.17) is 4.74 Å². The van der Waals surface area contributed by atoms with E-state index in [9.17, 15) is 9.90 Å². The van der Waals surface area contributed by atoms with Crippen LogP contribution in [-0.4, -0.2) is 46.3 Å². The molecule has 144 valence electrons. The minimum Gasteiger partial charge on any atom is -0.466 e. The van der Waals surface area contributed by atoms with Gasteiger partial charge in [-0.2, -0.15) is 0 Å². The summed E-state index contributed by atoms with van der Waals surface area (Å²) in [6, 6.07) is 9.37. The number of nitrogens with zero attached hydrogens (tertiary/aromatic N) is 1. The number of rotatable bonds is 2. The van der Waals surface area contributed by atoms with Gasteiger partial charge < -0.3 is 14.8 Å². The van der Waals surface area contributed by atoms with Crippen LogP contribution in [0.5, 0.6) is 0 Å². The molecule has 1 aromatic carbocycles. The van der Waals surface area contributed by atoms with E-state index in [-0.39, 0.29) is 17.8 Å². The molecule has 1 saturated carbocycles. The Morgan fingerprint density at radius 1 is 1.26 bits per heavy atom. The third kappa shape index (κ3) is 2.63. The zero-order valence-electron chi connectivity index (χ0n) is 15.9. The van der Waals surface area contributed by atoms with Crippen molar-refractivity contribution in [2.75, 3.05) is 13.2 Å². The molecular weight excluding hydrogens is 340 g/mol. The van der Waals surface area contributed by atoms with Crippen LogP contribution in [0.25, 0.3) is 10.9 Å². The van der Waals surface area contributed by atoms with E-state index in [2.05, 4.69) is 34.1 Å². The molecule has 0 bridgehead atoms. The predicted octanol–water partition coefficient (Wildman–Crippen LogP) is 3.18. The molecule has 2 unspecified atom stereocenters. The smallest absolute Gasteiger partial charge is 0.311 e. The maximum absolute atomic E-state index is 12.2. The third-order valence-electron chi connectivity index (χ3n) is 7.11. The highest BCUT2D eigenvalue weighted by molar-refractivity contribution is 5.85. The van der Waals surface area contributed by atoms with Gasteiger partial charge in [-0.1, -0.05) is 18.2 Å². The Labute approximate surface area is 159 Å². The number of nitrogens with one attached hydrogen (secondary N) is 1. The van der Waals surface area contributed by atoms with E-state index in [1.165, 1.54) is 22.2 Å². The Bertz CT molecular complexity index is 860. The number of aliphatic hydroxyl groups is 1. The van der Waals surface area contributed by atoms with Gasteiger partial charge in [-0.05, 0) is 50.7 Å². The van der Waals surface area contributed by atoms with Gasteiger partial charge in [-0.3, -0.25) is 9.69 Å². The van der Waals surface area contributed by atoms with Crippen LogP contribution in [0.3, 0.4) is 0 Å². The first-order chi connectivity index (χ1) is 13.2. The highest BCUT2D eigenvalue weighted by Crippen LogP contribution is 2.48. The zero-order valence-corrected chi connectivity index (χ0v) is 15.9. The number of fused-ring (bicyclic) bond motifs is 7. The maximum Gasteiger partial charge on any atom is 0.311 e. The largest absolute Gasteiger partial charge is 0.466 e. The second-order valence-corrected chi connectivity index (χ2v) is 8.30. The Balaban J connectivity index is 1.41. The Hall–Kier alpha value is -1.85. The number of ether oxygens (including phenoxy) is 1. The average molecular weight is 368 g/mol. The summed E-state index contributed by atoms with van der Waals surface area (Å²) in [7, 11) is 0. The Kier molecular flexibility index (Phi) is 4.25. The molecule has 5 rings (SSSR count). The summed E-state index contributed by atoms with van der Waals surface area (Å²) in [6.45, 7) is 3.25. The Morgan fingerprint density at radius 2 is 2.11 bits per heavy atom. The lowest BCUT2D eigenvalue weighted by atomic mass is 9.69. The first-order valence-electron chi connectivity index (χ1n) is 10.4. The van der Waals surface area contributed by atoms with Crippen LogP contribution >= 0.6 is 0 Å². The first-order valence-corrected chi connectivity index (χ1v) is 10.4. The molecular formula is C22H28N2O3. The van der Waals surface area contributed by atoms with Gasteiger partial charge in [0.25, 0.3) is 0 Å². The molecule has 0 radical (unpaired) electrons. The summed E-state index contributed by atoms with van der Waals surface area (Å²) in [5.74, 6) is -0.395. The summed E-state index contributed by atoms with van der Waals surface area (Å²) >= 11 is 0. The predicted molar refractivity (Wildman–Crippen MR) is 103 cm³/mol. The van der Waals surface area contributed by atoms with Crippen LogP contribution < -0.4 is 0 Å². The molecule has 0 amide bonds. The number of hydrogen-bond donors (Lipinski definition) is 2. The fourth-order valence-electron chi connectivity index (χ4n) is 5.94. The number of carbonyl (C=O) groups excluding carboxylic acids is 1. The molecule has 1 saturated heterocycles. The number of aromatic nitrogens is 1. The molecule has 1 aromatic heterocycles. The van der Waals surface area contributed by atoms with Crippen LogP contribution in [0.4, 0.5) is 0 Å². The number of carbonyl (C=O) groups is 1. The normalized spacial score (nSPS) is 33.2. The van der Waals surface area contributed by atoms with Crippen molar-refractivity contribution in [1.82, 2.24) is 9.88 Å². The highest BCUT2D eigenvalue weighted by Gasteiger charge is 2.49. The van der Waals surface area contributed by atoms with E-state index in [1.54, 1.807) is 0 Å². The molecule has 5 nitrogen and oxygen atoms in total. The van der Waals surface area contributed by atoms with Gasteiger partial charge in [0.2, 0.25) is 0 Å². The monoisotopic (exact) mass is 368 g/mol. The maximum atomic E-state index is 12.2. The van der Waals surface area contributed by atoms with Gasteiger partial charge in [-0.15, -0.1) is 0 Å². The molecule has 2 N–H and O–H groups in total. The van der Waals surface area contributed by atoms with E-state index in [1.807, 2.05) is 6.92 Å². The topological polar surface area (TPSA) is 65.6 Å². The number of esters is 1. The van der Waals surface area contributed by atoms with Crippen molar-refractivity contribution < 1.29 is 14.6 Å². The number of para-hydroxylation sites is 1. The van der Waals surface area contributed by atoms with E-state index >= 15 is 0 Å².